The van der Waals surface area contributed by atoms with Gasteiger partial charge in [-0.3, -0.25) is 24.5 Å². The lowest BCUT2D eigenvalue weighted by Gasteiger charge is -2.29. The van der Waals surface area contributed by atoms with E-state index >= 15 is 0 Å². The summed E-state index contributed by atoms with van der Waals surface area (Å²) in [6.45, 7) is 0. The number of rotatable bonds is 4. The van der Waals surface area contributed by atoms with Crippen LogP contribution in [0.1, 0.15) is 11.3 Å². The number of anilines is 1. The topological polar surface area (TPSA) is 67.2 Å². The first kappa shape index (κ1) is 25.2. The normalized spacial score (nSPS) is 15.7. The number of hydrogen-bond donors (Lipinski definition) is 1. The Kier molecular flexibility index (Phi) is 6.96. The predicted molar refractivity (Wildman–Crippen MR) is 131 cm³/mol. The van der Waals surface area contributed by atoms with Crippen LogP contribution in [0.2, 0.25) is 10.0 Å². The molecular formula is C22H13Cl2F3N4O2S2. The first-order valence-electron chi connectivity index (χ1n) is 9.70. The van der Waals surface area contributed by atoms with Crippen molar-refractivity contribution in [1.82, 2.24) is 15.1 Å². The molecule has 1 aliphatic rings. The van der Waals surface area contributed by atoms with Crippen LogP contribution in [-0.2, 0) is 22.8 Å². The van der Waals surface area contributed by atoms with Crippen LogP contribution in [0, 0.1) is 0 Å². The number of carbonyl (C=O) groups is 2. The Hall–Kier alpha value is -2.86. The maximum absolute atomic E-state index is 13.9. The van der Waals surface area contributed by atoms with Gasteiger partial charge in [-0.1, -0.05) is 35.0 Å². The number of hydrogen-bond acceptors (Lipinski definition) is 5. The molecule has 0 bridgehead atoms. The van der Waals surface area contributed by atoms with Gasteiger partial charge in [0.05, 0.1) is 5.69 Å². The average molecular weight is 557 g/mol. The van der Waals surface area contributed by atoms with Crippen LogP contribution in [-0.4, -0.2) is 26.7 Å². The Morgan fingerprint density at radius 2 is 1.60 bits per heavy atom. The third-order valence-electron chi connectivity index (χ3n) is 4.80. The van der Waals surface area contributed by atoms with Gasteiger partial charge in [0.25, 0.3) is 11.8 Å². The highest BCUT2D eigenvalue weighted by Gasteiger charge is 2.40. The van der Waals surface area contributed by atoms with Crippen molar-refractivity contribution >= 4 is 75.9 Å². The minimum Gasteiger partial charge on any atom is -0.298 e. The Morgan fingerprint density at radius 3 is 2.17 bits per heavy atom. The molecule has 6 nitrogen and oxygen atoms in total. The third-order valence-corrected chi connectivity index (χ3v) is 6.78. The molecule has 4 rings (SSSR count). The molecule has 2 amide bonds. The molecule has 0 atom stereocenters. The van der Waals surface area contributed by atoms with Gasteiger partial charge in [-0.25, -0.2) is 0 Å². The Morgan fingerprint density at radius 1 is 1.03 bits per heavy atom. The van der Waals surface area contributed by atoms with Crippen molar-refractivity contribution < 1.29 is 22.8 Å². The highest BCUT2D eigenvalue weighted by molar-refractivity contribution is 7.99. The van der Waals surface area contributed by atoms with Crippen LogP contribution in [0.4, 0.5) is 18.9 Å². The SMILES string of the molecule is Cn1nc(C(F)(F)F)c(/C=C2\C(=O)NC(=S)N(c3ccc(Cl)cc3)C2=O)c1Sc1ccc(Cl)cc1. The molecule has 1 aromatic heterocycles. The number of aryl methyl sites for hydroxylation is 1. The molecule has 3 aromatic rings. The summed E-state index contributed by atoms with van der Waals surface area (Å²) < 4.78 is 42.6. The van der Waals surface area contributed by atoms with E-state index < -0.39 is 34.8 Å². The zero-order chi connectivity index (χ0) is 25.5. The van der Waals surface area contributed by atoms with Gasteiger partial charge in [-0.05, 0) is 66.8 Å². The van der Waals surface area contributed by atoms with Crippen LogP contribution in [0.15, 0.2) is 64.0 Å². The van der Waals surface area contributed by atoms with E-state index in [-0.39, 0.29) is 15.8 Å². The maximum atomic E-state index is 13.9. The maximum Gasteiger partial charge on any atom is 0.435 e. The van der Waals surface area contributed by atoms with Crippen LogP contribution in [0.3, 0.4) is 0 Å². The van der Waals surface area contributed by atoms with E-state index in [4.69, 9.17) is 35.4 Å². The number of nitrogens with one attached hydrogen (secondary N) is 1. The number of amides is 2. The number of carbonyl (C=O) groups excluding carboxylic acids is 2. The summed E-state index contributed by atoms with van der Waals surface area (Å²) in [4.78, 5) is 27.5. The molecule has 2 aromatic carbocycles. The van der Waals surface area contributed by atoms with E-state index in [1.165, 1.54) is 31.3 Å². The fourth-order valence-corrected chi connectivity index (χ4v) is 4.69. The van der Waals surface area contributed by atoms with Gasteiger partial charge in [0, 0.05) is 27.6 Å². The molecule has 0 saturated carbocycles. The number of alkyl halides is 3. The molecule has 180 valence electrons. The molecule has 0 spiro atoms. The van der Waals surface area contributed by atoms with Crippen LogP contribution in [0.25, 0.3) is 6.08 Å². The monoisotopic (exact) mass is 556 g/mol. The number of halogens is 5. The molecular weight excluding hydrogens is 544 g/mol. The van der Waals surface area contributed by atoms with Gasteiger partial charge >= 0.3 is 6.18 Å². The zero-order valence-corrected chi connectivity index (χ0v) is 20.7. The molecule has 1 N–H and O–H groups in total. The molecule has 0 aliphatic carbocycles. The number of aromatic nitrogens is 2. The molecule has 0 unspecified atom stereocenters. The third kappa shape index (κ3) is 5.22. The van der Waals surface area contributed by atoms with E-state index in [2.05, 4.69) is 10.4 Å². The van der Waals surface area contributed by atoms with Crippen molar-refractivity contribution in [2.24, 2.45) is 7.05 Å². The van der Waals surface area contributed by atoms with Gasteiger partial charge in [-0.15, -0.1) is 0 Å². The number of nitrogens with zero attached hydrogens (tertiary/aromatic N) is 3. The van der Waals surface area contributed by atoms with Gasteiger partial charge in [0.15, 0.2) is 10.8 Å². The standard InChI is InChI=1S/C22H13Cl2F3N4O2S2/c1-30-20(35-14-8-4-12(24)5-9-14)15(17(29-30)22(25,26)27)10-16-18(32)28-21(34)31(19(16)33)13-6-2-11(23)3-7-13/h2-10H,1H3,(H,28,32,34)/b16-10+. The molecule has 2 heterocycles. The lowest BCUT2D eigenvalue weighted by molar-refractivity contribution is -0.141. The van der Waals surface area contributed by atoms with Crippen LogP contribution in [0.5, 0.6) is 0 Å². The Labute approximate surface area is 216 Å². The highest BCUT2D eigenvalue weighted by atomic mass is 35.5. The summed E-state index contributed by atoms with van der Waals surface area (Å²) >= 11 is 17.9. The van der Waals surface area contributed by atoms with Crippen molar-refractivity contribution in [2.75, 3.05) is 4.90 Å². The lowest BCUT2D eigenvalue weighted by atomic mass is 10.1. The van der Waals surface area contributed by atoms with Crippen LogP contribution < -0.4 is 10.2 Å². The second-order valence-electron chi connectivity index (χ2n) is 7.18. The first-order valence-corrected chi connectivity index (χ1v) is 11.7. The Bertz CT molecular complexity index is 1370. The molecule has 1 saturated heterocycles. The number of thiocarbonyl (C=S) groups is 1. The second kappa shape index (κ2) is 9.65. The molecule has 13 heteroatoms. The smallest absolute Gasteiger partial charge is 0.298 e. The van der Waals surface area contributed by atoms with E-state index in [9.17, 15) is 22.8 Å². The fourth-order valence-electron chi connectivity index (χ4n) is 3.23. The molecule has 1 fully saturated rings. The van der Waals surface area contributed by atoms with Crippen molar-refractivity contribution in [2.45, 2.75) is 16.1 Å². The summed E-state index contributed by atoms with van der Waals surface area (Å²) in [7, 11) is 1.34. The van der Waals surface area contributed by atoms with E-state index in [0.29, 0.717) is 14.9 Å². The first-order chi connectivity index (χ1) is 16.5. The van der Waals surface area contributed by atoms with Crippen molar-refractivity contribution in [1.29, 1.82) is 0 Å². The van der Waals surface area contributed by atoms with E-state index in [0.717, 1.165) is 27.4 Å². The summed E-state index contributed by atoms with van der Waals surface area (Å²) in [5, 5.41) is 6.68. The minimum atomic E-state index is -4.84. The number of benzene rings is 2. The molecule has 1 aliphatic heterocycles. The average Bonchev–Trinajstić information content (AvgIpc) is 3.09. The van der Waals surface area contributed by atoms with Crippen molar-refractivity contribution in [3.63, 3.8) is 0 Å². The van der Waals surface area contributed by atoms with Gasteiger partial charge in [0.2, 0.25) is 0 Å². The quantitative estimate of drug-likeness (QED) is 0.252. The van der Waals surface area contributed by atoms with E-state index in [1.807, 2.05) is 0 Å². The van der Waals surface area contributed by atoms with Gasteiger partial charge < -0.3 is 0 Å². The second-order valence-corrected chi connectivity index (χ2v) is 9.50. The van der Waals surface area contributed by atoms with Crippen molar-refractivity contribution in [3.05, 3.63) is 75.4 Å². The van der Waals surface area contributed by atoms with Gasteiger partial charge in [0.1, 0.15) is 10.6 Å². The van der Waals surface area contributed by atoms with Crippen LogP contribution >= 0.6 is 47.2 Å². The molecule has 35 heavy (non-hydrogen) atoms. The lowest BCUT2D eigenvalue weighted by Crippen LogP contribution is -2.54. The summed E-state index contributed by atoms with van der Waals surface area (Å²) in [6.07, 6.45) is -3.96. The van der Waals surface area contributed by atoms with Gasteiger partial charge in [-0.2, -0.15) is 18.3 Å². The minimum absolute atomic E-state index is 0.0685. The summed E-state index contributed by atoms with van der Waals surface area (Å²) in [5.74, 6) is -1.81. The zero-order valence-electron chi connectivity index (χ0n) is 17.6. The Balaban J connectivity index is 1.83. The van der Waals surface area contributed by atoms with E-state index in [1.54, 1.807) is 24.3 Å². The van der Waals surface area contributed by atoms with Crippen molar-refractivity contribution in [3.8, 4) is 0 Å². The summed E-state index contributed by atoms with van der Waals surface area (Å²) in [6, 6.07) is 12.4. The fraction of sp³-hybridized carbons (Fsp3) is 0.0909. The highest BCUT2D eigenvalue weighted by Crippen LogP contribution is 2.40. The summed E-state index contributed by atoms with van der Waals surface area (Å²) in [5.41, 5.74) is -1.92. The molecule has 0 radical (unpaired) electrons. The predicted octanol–water partition coefficient (Wildman–Crippen LogP) is 5.73. The largest absolute Gasteiger partial charge is 0.435 e.